The van der Waals surface area contributed by atoms with Gasteiger partial charge in [0.25, 0.3) is 0 Å². The number of likely N-dealkylation sites (tertiary alicyclic amines) is 1. The number of nitrogens with zero attached hydrogens (tertiary/aromatic N) is 3. The summed E-state index contributed by atoms with van der Waals surface area (Å²) in [7, 11) is 3.33. The molecule has 8 rings (SSSR count). The van der Waals surface area contributed by atoms with Gasteiger partial charge in [0, 0.05) is 52.4 Å². The normalized spacial score (nSPS) is 29.6. The van der Waals surface area contributed by atoms with Crippen LogP contribution in [0.2, 0.25) is 0 Å². The molecule has 8 atom stereocenters. The highest BCUT2D eigenvalue weighted by molar-refractivity contribution is 5.97. The molecule has 15 heteroatoms. The Morgan fingerprint density at radius 2 is 1.73 bits per heavy atom. The summed E-state index contributed by atoms with van der Waals surface area (Å²) in [4.78, 5) is 78.7. The molecule has 2 aliphatic carbocycles. The Morgan fingerprint density at radius 1 is 1.03 bits per heavy atom. The van der Waals surface area contributed by atoms with E-state index in [-0.39, 0.29) is 38.3 Å². The van der Waals surface area contributed by atoms with Crippen LogP contribution in [0.1, 0.15) is 75.1 Å². The molecule has 316 valence electrons. The van der Waals surface area contributed by atoms with E-state index in [1.54, 1.807) is 45.8 Å². The molecule has 4 saturated heterocycles. The number of ether oxygens (including phenoxy) is 4. The van der Waals surface area contributed by atoms with Gasteiger partial charge in [0.05, 0.1) is 19.2 Å². The third kappa shape index (κ3) is 7.67. The first-order valence-corrected chi connectivity index (χ1v) is 20.6. The zero-order valence-corrected chi connectivity index (χ0v) is 34.3. The number of fused-ring (bicyclic) bond motifs is 5. The Kier molecular flexibility index (Phi) is 11.0. The van der Waals surface area contributed by atoms with Crippen molar-refractivity contribution in [1.82, 2.24) is 20.2 Å². The van der Waals surface area contributed by atoms with Crippen LogP contribution in [0.5, 0.6) is 0 Å². The molecule has 4 aliphatic heterocycles. The highest BCUT2D eigenvalue weighted by Gasteiger charge is 2.77. The van der Waals surface area contributed by atoms with Gasteiger partial charge in [-0.3, -0.25) is 28.8 Å². The minimum absolute atomic E-state index is 0.0126. The lowest BCUT2D eigenvalue weighted by atomic mass is 9.62. The number of benzene rings is 2. The second-order valence-corrected chi connectivity index (χ2v) is 17.9. The average Bonchev–Trinajstić information content (AvgIpc) is 3.98. The maximum Gasteiger partial charge on any atom is 0.327 e. The van der Waals surface area contributed by atoms with E-state index in [1.165, 1.54) is 16.0 Å². The van der Waals surface area contributed by atoms with Gasteiger partial charge in [-0.2, -0.15) is 5.06 Å². The highest BCUT2D eigenvalue weighted by atomic mass is 16.8. The Hall–Kier alpha value is -4.67. The fourth-order valence-corrected chi connectivity index (χ4v) is 9.80. The highest BCUT2D eigenvalue weighted by Crippen LogP contribution is 2.59. The number of hydrogen-bond acceptors (Lipinski definition) is 12. The summed E-state index contributed by atoms with van der Waals surface area (Å²) in [5.41, 5.74) is 1.48. The van der Waals surface area contributed by atoms with Crippen LogP contribution < -0.4 is 5.32 Å². The van der Waals surface area contributed by atoms with Crippen molar-refractivity contribution >= 4 is 35.7 Å². The minimum Gasteiger partial charge on any atom is -0.460 e. The number of aliphatic hydroxyl groups excluding tert-OH is 1. The van der Waals surface area contributed by atoms with Gasteiger partial charge in [-0.15, -0.1) is 0 Å². The van der Waals surface area contributed by atoms with Crippen LogP contribution in [0.4, 0.5) is 0 Å². The van der Waals surface area contributed by atoms with Crippen LogP contribution in [0.25, 0.3) is 6.08 Å². The number of rotatable bonds is 11. The molecule has 0 aromatic heterocycles. The van der Waals surface area contributed by atoms with Crippen molar-refractivity contribution in [2.45, 2.75) is 126 Å². The fraction of sp³-hybridized carbons (Fsp3) is 0.568. The summed E-state index contributed by atoms with van der Waals surface area (Å²) < 4.78 is 25.3. The van der Waals surface area contributed by atoms with Crippen LogP contribution >= 0.6 is 0 Å². The smallest absolute Gasteiger partial charge is 0.327 e. The van der Waals surface area contributed by atoms with E-state index in [2.05, 4.69) is 5.32 Å². The van der Waals surface area contributed by atoms with E-state index >= 15 is 4.79 Å². The molecular formula is C44H54N4O11. The standard InChI is InChI=1S/C44H54N4O11/c1-42(2,3)56-34(51)19-17-30(25-49)45-39(52)31-15-10-20-47(31)41(54)44-23-32-35-36(58-43(57-35)21-27-12-7-8-13-28(27)22-43)38(44)59-48(37(44)40(53)55-32)24-29-14-9-6-11-26(29)16-18-33(50)46(4)5/h6-9,11-14,16,18,30-32,35-38,49H,10,15,17,19-25H2,1-5H3,(H,45,52)/t30-,31+,32+,35-,36-,37-,38+,44-/m0/s1. The Morgan fingerprint density at radius 3 is 2.42 bits per heavy atom. The maximum atomic E-state index is 15.5. The number of likely N-dealkylation sites (N-methyl/N-ethyl adjacent to an activating group) is 1. The molecule has 59 heavy (non-hydrogen) atoms. The second kappa shape index (κ2) is 15.7. The fourth-order valence-electron chi connectivity index (χ4n) is 9.80. The number of hydrogen-bond donors (Lipinski definition) is 2. The third-order valence-electron chi connectivity index (χ3n) is 12.4. The summed E-state index contributed by atoms with van der Waals surface area (Å²) in [5, 5.41) is 14.6. The number of hydroxylamine groups is 2. The van der Waals surface area contributed by atoms with Gasteiger partial charge in [-0.25, -0.2) is 0 Å². The van der Waals surface area contributed by atoms with Crippen molar-refractivity contribution in [1.29, 1.82) is 0 Å². The lowest BCUT2D eigenvalue weighted by molar-refractivity contribution is -0.218. The van der Waals surface area contributed by atoms with Crippen LogP contribution in [0.15, 0.2) is 54.6 Å². The Bertz CT molecular complexity index is 2010. The van der Waals surface area contributed by atoms with Crippen LogP contribution in [-0.4, -0.2) is 131 Å². The molecule has 15 nitrogen and oxygen atoms in total. The zero-order chi connectivity index (χ0) is 41.9. The topological polar surface area (TPSA) is 173 Å². The van der Waals surface area contributed by atoms with Gasteiger partial charge in [0.2, 0.25) is 17.7 Å². The summed E-state index contributed by atoms with van der Waals surface area (Å²) >= 11 is 0. The van der Waals surface area contributed by atoms with E-state index in [9.17, 15) is 24.3 Å². The predicted molar refractivity (Wildman–Crippen MR) is 210 cm³/mol. The SMILES string of the molecule is CN(C)C(=O)C=Cc1ccccc1CN1O[C@@H]2[C@H]3OC4(Cc5ccccc5C4)O[C@H]3[C@H]3C[C@]2(C(=O)N2CCC[C@@H]2C(=O)N[C@H](CO)CCC(=O)OC(C)(C)C)[C@@H]1C(=O)O3. The van der Waals surface area contributed by atoms with E-state index in [4.69, 9.17) is 23.8 Å². The lowest BCUT2D eigenvalue weighted by Crippen LogP contribution is -2.70. The number of aliphatic hydroxyl groups is 1. The number of amides is 3. The molecule has 2 aromatic rings. The first kappa shape index (κ1) is 41.1. The number of carbonyl (C=O) groups excluding carboxylic acids is 5. The molecule has 2 N–H and O–H groups in total. The monoisotopic (exact) mass is 814 g/mol. The largest absolute Gasteiger partial charge is 0.460 e. The van der Waals surface area contributed by atoms with Crippen molar-refractivity contribution in [3.05, 3.63) is 76.9 Å². The van der Waals surface area contributed by atoms with Crippen molar-refractivity contribution < 1.29 is 52.9 Å². The average molecular weight is 815 g/mol. The molecule has 1 spiro atoms. The Labute approximate surface area is 343 Å². The van der Waals surface area contributed by atoms with Crippen LogP contribution in [0.3, 0.4) is 0 Å². The molecule has 4 heterocycles. The van der Waals surface area contributed by atoms with Gasteiger partial charge in [0.1, 0.15) is 41.5 Å². The summed E-state index contributed by atoms with van der Waals surface area (Å²) in [5.74, 6) is -3.18. The molecule has 2 bridgehead atoms. The van der Waals surface area contributed by atoms with Gasteiger partial charge in [-0.05, 0) is 68.4 Å². The lowest BCUT2D eigenvalue weighted by Gasteiger charge is -2.50. The van der Waals surface area contributed by atoms with Crippen molar-refractivity contribution in [2.24, 2.45) is 5.41 Å². The number of esters is 2. The summed E-state index contributed by atoms with van der Waals surface area (Å²) in [6.07, 6.45) is 1.99. The third-order valence-corrected chi connectivity index (χ3v) is 12.4. The maximum absolute atomic E-state index is 15.5. The first-order valence-electron chi connectivity index (χ1n) is 20.6. The molecular weight excluding hydrogens is 761 g/mol. The van der Waals surface area contributed by atoms with E-state index in [0.717, 1.165) is 22.3 Å². The number of nitrogens with one attached hydrogen (secondary N) is 1. The van der Waals surface area contributed by atoms with E-state index < -0.39 is 89.7 Å². The minimum atomic E-state index is -1.51. The second-order valence-electron chi connectivity index (χ2n) is 17.9. The molecule has 3 amide bonds. The summed E-state index contributed by atoms with van der Waals surface area (Å²) in [6, 6.07) is 12.6. The van der Waals surface area contributed by atoms with Gasteiger partial charge in [-0.1, -0.05) is 48.5 Å². The molecule has 6 aliphatic rings. The molecule has 5 fully saturated rings. The van der Waals surface area contributed by atoms with Crippen molar-refractivity contribution in [2.75, 3.05) is 27.2 Å². The van der Waals surface area contributed by atoms with Gasteiger partial charge < -0.3 is 39.2 Å². The van der Waals surface area contributed by atoms with Crippen LogP contribution in [0, 0.1) is 5.41 Å². The molecule has 1 saturated carbocycles. The first-order chi connectivity index (χ1) is 28.1. The Balaban J connectivity index is 1.10. The van der Waals surface area contributed by atoms with Gasteiger partial charge in [0.15, 0.2) is 11.8 Å². The van der Waals surface area contributed by atoms with Crippen LogP contribution in [-0.2, 0) is 67.1 Å². The number of carbonyl (C=O) groups is 5. The predicted octanol–water partition coefficient (Wildman–Crippen LogP) is 2.46. The van der Waals surface area contributed by atoms with E-state index in [0.29, 0.717) is 25.7 Å². The quantitative estimate of drug-likeness (QED) is 0.251. The van der Waals surface area contributed by atoms with E-state index in [1.807, 2.05) is 48.5 Å². The zero-order valence-electron chi connectivity index (χ0n) is 34.3. The van der Waals surface area contributed by atoms with Gasteiger partial charge >= 0.3 is 11.9 Å². The molecule has 0 radical (unpaired) electrons. The van der Waals surface area contributed by atoms with Crippen molar-refractivity contribution in [3.63, 3.8) is 0 Å². The molecule has 0 unspecified atom stereocenters. The van der Waals surface area contributed by atoms with Crippen molar-refractivity contribution in [3.8, 4) is 0 Å². The molecule has 2 aromatic carbocycles. The summed E-state index contributed by atoms with van der Waals surface area (Å²) in [6.45, 7) is 5.22.